The van der Waals surface area contributed by atoms with Gasteiger partial charge < -0.3 is 5.11 Å². The molecule has 1 aromatic carbocycles. The van der Waals surface area contributed by atoms with Gasteiger partial charge in [0, 0.05) is 0 Å². The molecule has 0 aliphatic heterocycles. The Bertz CT molecular complexity index is 358. The highest BCUT2D eigenvalue weighted by Crippen LogP contribution is 2.37. The second-order valence-electron chi connectivity index (χ2n) is 4.46. The molecular weight excluding hydrogens is 187 g/mol. The molecule has 1 aliphatic rings. The minimum atomic E-state index is -0.635. The maximum Gasteiger partial charge on any atom is 0.306 e. The smallest absolute Gasteiger partial charge is 0.306 e. The molecule has 1 saturated carbocycles. The molecule has 0 unspecified atom stereocenters. The fourth-order valence-corrected chi connectivity index (χ4v) is 2.35. The molecule has 2 rings (SSSR count). The number of hydrogen-bond acceptors (Lipinski definition) is 1. The minimum Gasteiger partial charge on any atom is -0.481 e. The van der Waals surface area contributed by atoms with Gasteiger partial charge in [-0.1, -0.05) is 29.7 Å². The molecule has 0 saturated heterocycles. The lowest BCUT2D eigenvalue weighted by Gasteiger charge is -2.09. The van der Waals surface area contributed by atoms with E-state index in [1.165, 1.54) is 11.0 Å². The molecular formula is C12H15BO2. The molecule has 0 amide bonds. The topological polar surface area (TPSA) is 37.3 Å². The van der Waals surface area contributed by atoms with E-state index in [4.69, 9.17) is 5.11 Å². The summed E-state index contributed by atoms with van der Waals surface area (Å²) in [5.74, 6) is -0.312. The van der Waals surface area contributed by atoms with Crippen molar-refractivity contribution in [2.75, 3.05) is 0 Å². The lowest BCUT2D eigenvalue weighted by Crippen LogP contribution is -2.09. The van der Waals surface area contributed by atoms with E-state index in [0.717, 1.165) is 19.3 Å². The molecule has 2 atom stereocenters. The van der Waals surface area contributed by atoms with E-state index in [0.29, 0.717) is 5.92 Å². The van der Waals surface area contributed by atoms with Crippen molar-refractivity contribution in [3.63, 3.8) is 0 Å². The summed E-state index contributed by atoms with van der Waals surface area (Å²) < 4.78 is 0. The van der Waals surface area contributed by atoms with Gasteiger partial charge in [0.05, 0.1) is 5.92 Å². The number of aliphatic carboxylic acids is 1. The summed E-state index contributed by atoms with van der Waals surface area (Å²) in [5.41, 5.74) is 2.55. The summed E-state index contributed by atoms with van der Waals surface area (Å²) in [6.45, 7) is 0. The molecule has 1 aromatic rings. The largest absolute Gasteiger partial charge is 0.481 e. The average Bonchev–Trinajstić information content (AvgIpc) is 2.68. The highest BCUT2D eigenvalue weighted by molar-refractivity contribution is 6.32. The number of carboxylic acids is 1. The van der Waals surface area contributed by atoms with Crippen LogP contribution in [0, 0.1) is 5.92 Å². The molecule has 2 nitrogen and oxygen atoms in total. The van der Waals surface area contributed by atoms with Crippen LogP contribution in [-0.2, 0) is 4.79 Å². The van der Waals surface area contributed by atoms with E-state index < -0.39 is 5.97 Å². The first-order valence-corrected chi connectivity index (χ1v) is 5.46. The third kappa shape index (κ3) is 2.22. The Morgan fingerprint density at radius 3 is 2.47 bits per heavy atom. The van der Waals surface area contributed by atoms with Crippen molar-refractivity contribution in [3.05, 3.63) is 29.8 Å². The fraction of sp³-hybridized carbons (Fsp3) is 0.417. The fourth-order valence-electron chi connectivity index (χ4n) is 2.35. The number of benzene rings is 1. The predicted octanol–water partition coefficient (Wildman–Crippen LogP) is 0.913. The molecule has 0 heterocycles. The second kappa shape index (κ2) is 4.09. The van der Waals surface area contributed by atoms with Crippen molar-refractivity contribution in [2.45, 2.75) is 25.2 Å². The Hall–Kier alpha value is -1.25. The molecule has 15 heavy (non-hydrogen) atoms. The van der Waals surface area contributed by atoms with Gasteiger partial charge in [-0.25, -0.2) is 0 Å². The molecule has 1 N–H and O–H groups in total. The predicted molar refractivity (Wildman–Crippen MR) is 62.3 cm³/mol. The Labute approximate surface area is 90.7 Å². The Balaban J connectivity index is 2.07. The first-order valence-electron chi connectivity index (χ1n) is 5.46. The van der Waals surface area contributed by atoms with E-state index in [1.54, 1.807) is 0 Å². The Kier molecular flexibility index (Phi) is 2.80. The van der Waals surface area contributed by atoms with Crippen molar-refractivity contribution in [3.8, 4) is 0 Å². The molecule has 0 bridgehead atoms. The van der Waals surface area contributed by atoms with Gasteiger partial charge in [0.15, 0.2) is 0 Å². The van der Waals surface area contributed by atoms with Gasteiger partial charge in [-0.2, -0.15) is 0 Å². The summed E-state index contributed by atoms with van der Waals surface area (Å²) in [7, 11) is 2.07. The lowest BCUT2D eigenvalue weighted by molar-refractivity contribution is -0.141. The zero-order valence-electron chi connectivity index (χ0n) is 8.94. The first-order chi connectivity index (χ1) is 7.16. The third-order valence-corrected chi connectivity index (χ3v) is 3.33. The monoisotopic (exact) mass is 202 g/mol. The van der Waals surface area contributed by atoms with Crippen LogP contribution in [-0.4, -0.2) is 18.9 Å². The highest BCUT2D eigenvalue weighted by Gasteiger charge is 2.30. The SMILES string of the molecule is Bc1ccc([C@H]2CC[C@H](C(=O)O)C2)cc1. The van der Waals surface area contributed by atoms with E-state index in [2.05, 4.69) is 32.1 Å². The summed E-state index contributed by atoms with van der Waals surface area (Å²) in [6, 6.07) is 8.46. The molecule has 0 spiro atoms. The lowest BCUT2D eigenvalue weighted by atomic mass is 9.90. The van der Waals surface area contributed by atoms with E-state index in [-0.39, 0.29) is 5.92 Å². The minimum absolute atomic E-state index is 0.128. The van der Waals surface area contributed by atoms with Gasteiger partial charge in [0.25, 0.3) is 0 Å². The van der Waals surface area contributed by atoms with Crippen LogP contribution in [0.15, 0.2) is 24.3 Å². The van der Waals surface area contributed by atoms with Crippen LogP contribution >= 0.6 is 0 Å². The molecule has 1 fully saturated rings. The molecule has 1 aliphatic carbocycles. The van der Waals surface area contributed by atoms with Crippen LogP contribution in [0.1, 0.15) is 30.7 Å². The number of carboxylic acid groups (broad SMARTS) is 1. The van der Waals surface area contributed by atoms with Gasteiger partial charge in [0.1, 0.15) is 7.85 Å². The van der Waals surface area contributed by atoms with Crippen molar-refractivity contribution >= 4 is 19.3 Å². The van der Waals surface area contributed by atoms with Gasteiger partial charge in [-0.3, -0.25) is 4.79 Å². The van der Waals surface area contributed by atoms with Crippen molar-refractivity contribution in [1.82, 2.24) is 0 Å². The first kappa shape index (κ1) is 10.3. The molecule has 78 valence electrons. The number of carbonyl (C=O) groups is 1. The summed E-state index contributed by atoms with van der Waals surface area (Å²) in [5, 5.41) is 8.92. The van der Waals surface area contributed by atoms with Crippen LogP contribution < -0.4 is 5.46 Å². The van der Waals surface area contributed by atoms with E-state index in [9.17, 15) is 4.79 Å². The third-order valence-electron chi connectivity index (χ3n) is 3.33. The quantitative estimate of drug-likeness (QED) is 0.724. The Morgan fingerprint density at radius 1 is 1.27 bits per heavy atom. The average molecular weight is 202 g/mol. The van der Waals surface area contributed by atoms with Crippen molar-refractivity contribution < 1.29 is 9.90 Å². The van der Waals surface area contributed by atoms with Gasteiger partial charge in [-0.15, -0.1) is 0 Å². The second-order valence-corrected chi connectivity index (χ2v) is 4.46. The van der Waals surface area contributed by atoms with Gasteiger partial charge in [0.2, 0.25) is 0 Å². The van der Waals surface area contributed by atoms with Gasteiger partial charge >= 0.3 is 5.97 Å². The van der Waals surface area contributed by atoms with E-state index >= 15 is 0 Å². The summed E-state index contributed by atoms with van der Waals surface area (Å²) in [6.07, 6.45) is 2.65. The van der Waals surface area contributed by atoms with Crippen LogP contribution in [0.4, 0.5) is 0 Å². The molecule has 3 heteroatoms. The van der Waals surface area contributed by atoms with Crippen LogP contribution in [0.3, 0.4) is 0 Å². The summed E-state index contributed by atoms with van der Waals surface area (Å²) in [4.78, 5) is 10.8. The van der Waals surface area contributed by atoms with Gasteiger partial charge in [-0.05, 0) is 30.7 Å². The zero-order chi connectivity index (χ0) is 10.8. The van der Waals surface area contributed by atoms with Crippen LogP contribution in [0.2, 0.25) is 0 Å². The highest BCUT2D eigenvalue weighted by atomic mass is 16.4. The number of rotatable bonds is 2. The zero-order valence-corrected chi connectivity index (χ0v) is 8.94. The molecule has 0 aromatic heterocycles. The number of hydrogen-bond donors (Lipinski definition) is 1. The van der Waals surface area contributed by atoms with Crippen molar-refractivity contribution in [1.29, 1.82) is 0 Å². The standard InChI is InChI=1S/C12H15BO2/c13-11-5-3-8(4-6-11)9-1-2-10(7-9)12(14)15/h3-6,9-10H,1-2,7,13H2,(H,14,15)/t9-,10-/m0/s1. The maximum absolute atomic E-state index is 10.8. The maximum atomic E-state index is 10.8. The van der Waals surface area contributed by atoms with Crippen LogP contribution in [0.5, 0.6) is 0 Å². The normalized spacial score (nSPS) is 25.3. The molecule has 0 radical (unpaired) electrons. The Morgan fingerprint density at radius 2 is 1.93 bits per heavy atom. The summed E-state index contributed by atoms with van der Waals surface area (Å²) >= 11 is 0. The van der Waals surface area contributed by atoms with Crippen molar-refractivity contribution in [2.24, 2.45) is 5.92 Å². The van der Waals surface area contributed by atoms with Crippen LogP contribution in [0.25, 0.3) is 0 Å². The van der Waals surface area contributed by atoms with E-state index in [1.807, 2.05) is 0 Å².